The van der Waals surface area contributed by atoms with Gasteiger partial charge in [0, 0.05) is 6.42 Å². The van der Waals surface area contributed by atoms with Crippen LogP contribution in [0.1, 0.15) is 66.1 Å². The van der Waals surface area contributed by atoms with Crippen LogP contribution in [0.15, 0.2) is 0 Å². The van der Waals surface area contributed by atoms with E-state index in [1.54, 1.807) is 0 Å². The molecule has 14 heavy (non-hydrogen) atoms. The van der Waals surface area contributed by atoms with Gasteiger partial charge in [-0.3, -0.25) is 4.79 Å². The maximum absolute atomic E-state index is 10.2. The van der Waals surface area contributed by atoms with Gasteiger partial charge in [0.15, 0.2) is 0 Å². The molecular formula is C11H23LiO2. The predicted molar refractivity (Wildman–Crippen MR) is 56.0 cm³/mol. The number of unbranched alkanes of at least 4 members (excludes halogenated alkanes) is 7. The van der Waals surface area contributed by atoms with Crippen molar-refractivity contribution in [3.63, 3.8) is 0 Å². The molecule has 0 atom stereocenters. The van der Waals surface area contributed by atoms with Crippen molar-refractivity contribution in [2.75, 3.05) is 0 Å². The summed E-state index contributed by atoms with van der Waals surface area (Å²) in [6.07, 6.45) is 10.1. The average molecular weight is 194 g/mol. The van der Waals surface area contributed by atoms with Crippen LogP contribution in [0.25, 0.3) is 0 Å². The zero-order valence-corrected chi connectivity index (χ0v) is 9.72. The van der Waals surface area contributed by atoms with Gasteiger partial charge in [-0.2, -0.15) is 0 Å². The Balaban J connectivity index is -0.000000720. The van der Waals surface area contributed by atoms with Gasteiger partial charge in [0.2, 0.25) is 0 Å². The third kappa shape index (κ3) is 14.6. The summed E-state index contributed by atoms with van der Waals surface area (Å²) in [4.78, 5) is 10.2. The van der Waals surface area contributed by atoms with Crippen LogP contribution in [0.3, 0.4) is 0 Å². The standard InChI is InChI=1S/C11H22O2.Li.H/c1-2-3-4-5-6-7-8-9-10-11(12)13;;/h2-10H2,1H3,(H,12,13);;/q;+1;-1. The molecule has 2 nitrogen and oxygen atoms in total. The summed E-state index contributed by atoms with van der Waals surface area (Å²) in [5, 5.41) is 8.39. The maximum atomic E-state index is 10.2. The first kappa shape index (κ1) is 16.5. The zero-order chi connectivity index (χ0) is 9.94. The maximum Gasteiger partial charge on any atom is 1.00 e. The average Bonchev–Trinajstić information content (AvgIpc) is 2.09. The molecule has 0 spiro atoms. The van der Waals surface area contributed by atoms with Crippen molar-refractivity contribution in [2.24, 2.45) is 0 Å². The van der Waals surface area contributed by atoms with E-state index in [-0.39, 0.29) is 20.3 Å². The monoisotopic (exact) mass is 194 g/mol. The van der Waals surface area contributed by atoms with E-state index in [1.165, 1.54) is 38.5 Å². The van der Waals surface area contributed by atoms with Crippen LogP contribution in [-0.2, 0) is 4.79 Å². The molecule has 0 aliphatic rings. The normalized spacial score (nSPS) is 9.50. The molecule has 0 unspecified atom stereocenters. The Morgan fingerprint density at radius 2 is 1.43 bits per heavy atom. The third-order valence-corrected chi connectivity index (χ3v) is 2.24. The second-order valence-corrected chi connectivity index (χ2v) is 3.62. The van der Waals surface area contributed by atoms with Gasteiger partial charge in [0.25, 0.3) is 0 Å². The largest absolute Gasteiger partial charge is 1.00 e. The van der Waals surface area contributed by atoms with Gasteiger partial charge in [0.05, 0.1) is 0 Å². The van der Waals surface area contributed by atoms with Crippen molar-refractivity contribution < 1.29 is 30.2 Å². The molecule has 80 valence electrons. The second-order valence-electron chi connectivity index (χ2n) is 3.62. The first-order valence-electron chi connectivity index (χ1n) is 5.49. The minimum Gasteiger partial charge on any atom is -1.00 e. The number of hydrogen-bond acceptors (Lipinski definition) is 1. The number of carboxylic acid groups (broad SMARTS) is 1. The summed E-state index contributed by atoms with van der Waals surface area (Å²) in [5.74, 6) is -0.661. The molecule has 0 saturated carbocycles. The van der Waals surface area contributed by atoms with E-state index in [1.807, 2.05) is 0 Å². The van der Waals surface area contributed by atoms with Crippen LogP contribution in [0, 0.1) is 0 Å². The predicted octanol–water partition coefficient (Wildman–Crippen LogP) is 0.718. The summed E-state index contributed by atoms with van der Waals surface area (Å²) < 4.78 is 0. The molecule has 0 radical (unpaired) electrons. The van der Waals surface area contributed by atoms with E-state index in [0.29, 0.717) is 6.42 Å². The quantitative estimate of drug-likeness (QED) is 0.434. The molecule has 0 bridgehead atoms. The van der Waals surface area contributed by atoms with Crippen molar-refractivity contribution >= 4 is 5.97 Å². The van der Waals surface area contributed by atoms with Crippen LogP contribution in [0.2, 0.25) is 0 Å². The van der Waals surface area contributed by atoms with Crippen molar-refractivity contribution in [1.29, 1.82) is 0 Å². The van der Waals surface area contributed by atoms with Crippen LogP contribution in [0.4, 0.5) is 0 Å². The topological polar surface area (TPSA) is 37.3 Å². The molecule has 0 aromatic carbocycles. The van der Waals surface area contributed by atoms with Crippen molar-refractivity contribution in [1.82, 2.24) is 0 Å². The van der Waals surface area contributed by atoms with Crippen LogP contribution >= 0.6 is 0 Å². The summed E-state index contributed by atoms with van der Waals surface area (Å²) >= 11 is 0. The SMILES string of the molecule is CCCCCCCCCCC(=O)O.[H-].[Li+]. The summed E-state index contributed by atoms with van der Waals surface area (Å²) in [7, 11) is 0. The summed E-state index contributed by atoms with van der Waals surface area (Å²) in [6.45, 7) is 2.22. The number of carbonyl (C=O) groups is 1. The van der Waals surface area contributed by atoms with Gasteiger partial charge in [-0.15, -0.1) is 0 Å². The van der Waals surface area contributed by atoms with E-state index < -0.39 is 5.97 Å². The Morgan fingerprint density at radius 1 is 1.00 bits per heavy atom. The Kier molecular flexibility index (Phi) is 15.4. The van der Waals surface area contributed by atoms with Gasteiger partial charge in [-0.05, 0) is 6.42 Å². The third-order valence-electron chi connectivity index (χ3n) is 2.24. The molecule has 0 aromatic heterocycles. The fourth-order valence-electron chi connectivity index (χ4n) is 1.41. The van der Waals surface area contributed by atoms with E-state index in [0.717, 1.165) is 12.8 Å². The molecular weight excluding hydrogens is 171 g/mol. The minimum atomic E-state index is -0.661. The fourth-order valence-corrected chi connectivity index (χ4v) is 1.41. The van der Waals surface area contributed by atoms with E-state index in [2.05, 4.69) is 6.92 Å². The molecule has 0 heterocycles. The van der Waals surface area contributed by atoms with Crippen LogP contribution in [0.5, 0.6) is 0 Å². The number of carboxylic acids is 1. The minimum absolute atomic E-state index is 0. The smallest absolute Gasteiger partial charge is 1.00 e. The van der Waals surface area contributed by atoms with Crippen LogP contribution in [-0.4, -0.2) is 11.1 Å². The van der Waals surface area contributed by atoms with Gasteiger partial charge in [-0.25, -0.2) is 0 Å². The molecule has 0 aliphatic heterocycles. The van der Waals surface area contributed by atoms with Crippen molar-refractivity contribution in [3.05, 3.63) is 0 Å². The van der Waals surface area contributed by atoms with Crippen LogP contribution < -0.4 is 18.9 Å². The molecule has 0 amide bonds. The first-order valence-corrected chi connectivity index (χ1v) is 5.49. The van der Waals surface area contributed by atoms with Gasteiger partial charge in [0.1, 0.15) is 0 Å². The molecule has 0 fully saturated rings. The van der Waals surface area contributed by atoms with Crippen molar-refractivity contribution in [3.8, 4) is 0 Å². The molecule has 1 N–H and O–H groups in total. The van der Waals surface area contributed by atoms with Crippen molar-refractivity contribution in [2.45, 2.75) is 64.7 Å². The van der Waals surface area contributed by atoms with Gasteiger partial charge < -0.3 is 6.53 Å². The molecule has 0 aliphatic carbocycles. The number of rotatable bonds is 9. The van der Waals surface area contributed by atoms with E-state index in [4.69, 9.17) is 5.11 Å². The Labute approximate surface area is 101 Å². The Morgan fingerprint density at radius 3 is 1.86 bits per heavy atom. The van der Waals surface area contributed by atoms with E-state index in [9.17, 15) is 4.79 Å². The van der Waals surface area contributed by atoms with E-state index >= 15 is 0 Å². The fraction of sp³-hybridized carbons (Fsp3) is 0.909. The molecule has 3 heteroatoms. The van der Waals surface area contributed by atoms with Gasteiger partial charge >= 0.3 is 24.8 Å². The number of aliphatic carboxylic acids is 1. The first-order chi connectivity index (χ1) is 6.27. The summed E-state index contributed by atoms with van der Waals surface area (Å²) in [5.41, 5.74) is 0. The molecule has 0 aromatic rings. The zero-order valence-electron chi connectivity index (χ0n) is 10.7. The Bertz CT molecular complexity index is 132. The number of hydrogen-bond donors (Lipinski definition) is 1. The molecule has 0 saturated heterocycles. The molecule has 0 rings (SSSR count). The second kappa shape index (κ2) is 13.1. The van der Waals surface area contributed by atoms with Gasteiger partial charge in [-0.1, -0.05) is 51.9 Å². The summed E-state index contributed by atoms with van der Waals surface area (Å²) in [6, 6.07) is 0. The Hall–Kier alpha value is 0.0674.